The summed E-state index contributed by atoms with van der Waals surface area (Å²) in [4.78, 5) is 3.97. The first-order valence-electron chi connectivity index (χ1n) is 6.96. The van der Waals surface area contributed by atoms with Gasteiger partial charge in [0, 0.05) is 41.1 Å². The van der Waals surface area contributed by atoms with E-state index in [1.54, 1.807) is 12.4 Å². The molecular formula is C16H16Cl2N2O. The van der Waals surface area contributed by atoms with Gasteiger partial charge in [0.15, 0.2) is 0 Å². The molecule has 0 spiro atoms. The summed E-state index contributed by atoms with van der Waals surface area (Å²) in [7, 11) is 0. The zero-order valence-corrected chi connectivity index (χ0v) is 13.0. The van der Waals surface area contributed by atoms with E-state index >= 15 is 0 Å². The van der Waals surface area contributed by atoms with Crippen LogP contribution in [0.2, 0.25) is 10.0 Å². The van der Waals surface area contributed by atoms with Crippen molar-refractivity contribution in [3.05, 3.63) is 57.8 Å². The average molecular weight is 323 g/mol. The number of benzene rings is 1. The summed E-state index contributed by atoms with van der Waals surface area (Å²) in [5.41, 5.74) is 1.91. The molecule has 21 heavy (non-hydrogen) atoms. The molecule has 1 fully saturated rings. The highest BCUT2D eigenvalue weighted by Gasteiger charge is 2.21. The van der Waals surface area contributed by atoms with E-state index < -0.39 is 0 Å². The summed E-state index contributed by atoms with van der Waals surface area (Å²) >= 11 is 12.4. The third-order valence-electron chi connectivity index (χ3n) is 3.46. The highest BCUT2D eigenvalue weighted by molar-refractivity contribution is 6.31. The van der Waals surface area contributed by atoms with Crippen molar-refractivity contribution in [3.63, 3.8) is 0 Å². The van der Waals surface area contributed by atoms with Gasteiger partial charge in [-0.15, -0.1) is 0 Å². The molecule has 1 aliphatic carbocycles. The second-order valence-electron chi connectivity index (χ2n) is 5.13. The fourth-order valence-electron chi connectivity index (χ4n) is 2.06. The molecule has 0 atom stereocenters. The number of aromatic nitrogens is 1. The lowest BCUT2D eigenvalue weighted by Gasteiger charge is -2.14. The second-order valence-corrected chi connectivity index (χ2v) is 5.94. The van der Waals surface area contributed by atoms with Gasteiger partial charge in [0.05, 0.1) is 5.02 Å². The SMILES string of the molecule is Clc1cnccc1COc1cccc(Cl)c1CNC1CC1. The number of pyridine rings is 1. The molecule has 0 aliphatic heterocycles. The van der Waals surface area contributed by atoms with Crippen LogP contribution < -0.4 is 10.1 Å². The number of nitrogens with zero attached hydrogens (tertiary/aromatic N) is 1. The molecule has 5 heteroatoms. The minimum atomic E-state index is 0.401. The molecule has 110 valence electrons. The van der Waals surface area contributed by atoms with Crippen molar-refractivity contribution in [2.75, 3.05) is 0 Å². The lowest BCUT2D eigenvalue weighted by atomic mass is 10.2. The maximum absolute atomic E-state index is 6.29. The van der Waals surface area contributed by atoms with Crippen LogP contribution in [0.4, 0.5) is 0 Å². The number of rotatable bonds is 6. The Morgan fingerprint density at radius 2 is 2.05 bits per heavy atom. The maximum Gasteiger partial charge on any atom is 0.125 e. The summed E-state index contributed by atoms with van der Waals surface area (Å²) in [5, 5.41) is 4.80. The van der Waals surface area contributed by atoms with E-state index in [2.05, 4.69) is 10.3 Å². The van der Waals surface area contributed by atoms with Crippen LogP contribution in [0.25, 0.3) is 0 Å². The van der Waals surface area contributed by atoms with Crippen molar-refractivity contribution in [2.24, 2.45) is 0 Å². The topological polar surface area (TPSA) is 34.1 Å². The normalized spacial score (nSPS) is 14.2. The summed E-state index contributed by atoms with van der Waals surface area (Å²) in [6, 6.07) is 8.20. The smallest absolute Gasteiger partial charge is 0.125 e. The van der Waals surface area contributed by atoms with Crippen LogP contribution in [0.1, 0.15) is 24.0 Å². The van der Waals surface area contributed by atoms with Gasteiger partial charge in [-0.1, -0.05) is 29.3 Å². The van der Waals surface area contributed by atoms with Gasteiger partial charge in [0.25, 0.3) is 0 Å². The Morgan fingerprint density at radius 1 is 1.19 bits per heavy atom. The quantitative estimate of drug-likeness (QED) is 0.864. The molecule has 1 aromatic heterocycles. The zero-order valence-electron chi connectivity index (χ0n) is 11.5. The Kier molecular flexibility index (Phi) is 4.63. The Labute approximate surface area is 134 Å². The number of hydrogen-bond acceptors (Lipinski definition) is 3. The molecule has 3 nitrogen and oxygen atoms in total. The molecule has 1 aromatic carbocycles. The van der Waals surface area contributed by atoms with Gasteiger partial charge in [-0.3, -0.25) is 4.98 Å². The predicted molar refractivity (Wildman–Crippen MR) is 84.9 cm³/mol. The lowest BCUT2D eigenvalue weighted by Crippen LogP contribution is -2.16. The maximum atomic E-state index is 6.29. The first-order chi connectivity index (χ1) is 10.2. The van der Waals surface area contributed by atoms with E-state index in [9.17, 15) is 0 Å². The third-order valence-corrected chi connectivity index (χ3v) is 4.15. The van der Waals surface area contributed by atoms with Crippen molar-refractivity contribution in [1.82, 2.24) is 10.3 Å². The summed E-state index contributed by atoms with van der Waals surface area (Å²) in [5.74, 6) is 0.795. The first kappa shape index (κ1) is 14.6. The van der Waals surface area contributed by atoms with Gasteiger partial charge in [-0.2, -0.15) is 0 Å². The zero-order chi connectivity index (χ0) is 14.7. The van der Waals surface area contributed by atoms with E-state index in [1.807, 2.05) is 24.3 Å². The molecule has 1 heterocycles. The van der Waals surface area contributed by atoms with Crippen LogP contribution in [-0.4, -0.2) is 11.0 Å². The van der Waals surface area contributed by atoms with E-state index in [4.69, 9.17) is 27.9 Å². The van der Waals surface area contributed by atoms with Gasteiger partial charge in [0.1, 0.15) is 12.4 Å². The molecule has 0 unspecified atom stereocenters. The van der Waals surface area contributed by atoms with Gasteiger partial charge in [-0.25, -0.2) is 0 Å². The van der Waals surface area contributed by atoms with E-state index in [0.29, 0.717) is 17.7 Å². The van der Waals surface area contributed by atoms with Crippen LogP contribution in [0, 0.1) is 0 Å². The van der Waals surface area contributed by atoms with Crippen LogP contribution in [0.5, 0.6) is 5.75 Å². The minimum absolute atomic E-state index is 0.401. The van der Waals surface area contributed by atoms with E-state index in [0.717, 1.165) is 28.4 Å². The van der Waals surface area contributed by atoms with Gasteiger partial charge < -0.3 is 10.1 Å². The van der Waals surface area contributed by atoms with E-state index in [-0.39, 0.29) is 0 Å². The molecular weight excluding hydrogens is 307 g/mol. The fraction of sp³-hybridized carbons (Fsp3) is 0.312. The Bertz CT molecular complexity index is 629. The second kappa shape index (κ2) is 6.65. The van der Waals surface area contributed by atoms with E-state index in [1.165, 1.54) is 12.8 Å². The summed E-state index contributed by atoms with van der Waals surface area (Å²) < 4.78 is 5.90. The molecule has 2 aromatic rings. The van der Waals surface area contributed by atoms with Crippen molar-refractivity contribution in [3.8, 4) is 5.75 Å². The number of nitrogens with one attached hydrogen (secondary N) is 1. The van der Waals surface area contributed by atoms with Gasteiger partial charge in [0.2, 0.25) is 0 Å². The average Bonchev–Trinajstić information content (AvgIpc) is 3.30. The molecule has 1 N–H and O–H groups in total. The Balaban J connectivity index is 1.71. The monoisotopic (exact) mass is 322 g/mol. The highest BCUT2D eigenvalue weighted by atomic mass is 35.5. The predicted octanol–water partition coefficient (Wildman–Crippen LogP) is 4.22. The van der Waals surface area contributed by atoms with Gasteiger partial charge >= 0.3 is 0 Å². The fourth-order valence-corrected chi connectivity index (χ4v) is 2.46. The molecule has 1 saturated carbocycles. The van der Waals surface area contributed by atoms with Crippen LogP contribution in [0.15, 0.2) is 36.7 Å². The Hall–Kier alpha value is -1.29. The summed E-state index contributed by atoms with van der Waals surface area (Å²) in [6.07, 6.45) is 5.81. The third kappa shape index (κ3) is 3.88. The van der Waals surface area contributed by atoms with Gasteiger partial charge in [-0.05, 0) is 31.0 Å². The molecule has 1 aliphatic rings. The first-order valence-corrected chi connectivity index (χ1v) is 7.71. The summed E-state index contributed by atoms with van der Waals surface area (Å²) in [6.45, 7) is 1.13. The van der Waals surface area contributed by atoms with Crippen molar-refractivity contribution >= 4 is 23.2 Å². The van der Waals surface area contributed by atoms with Crippen LogP contribution in [-0.2, 0) is 13.2 Å². The number of hydrogen-bond donors (Lipinski definition) is 1. The molecule has 3 rings (SSSR count). The number of ether oxygens (including phenoxy) is 1. The standard InChI is InChI=1S/C16H16Cl2N2O/c17-14-2-1-3-16(13(14)8-20-12-4-5-12)21-10-11-6-7-19-9-15(11)18/h1-3,6-7,9,12,20H,4-5,8,10H2. The number of halogens is 2. The van der Waals surface area contributed by atoms with Crippen molar-refractivity contribution in [1.29, 1.82) is 0 Å². The van der Waals surface area contributed by atoms with Crippen LogP contribution >= 0.6 is 23.2 Å². The molecule has 0 bridgehead atoms. The highest BCUT2D eigenvalue weighted by Crippen LogP contribution is 2.29. The largest absolute Gasteiger partial charge is 0.488 e. The lowest BCUT2D eigenvalue weighted by molar-refractivity contribution is 0.302. The Morgan fingerprint density at radius 3 is 2.81 bits per heavy atom. The van der Waals surface area contributed by atoms with Crippen molar-refractivity contribution in [2.45, 2.75) is 32.0 Å². The molecule has 0 saturated heterocycles. The van der Waals surface area contributed by atoms with Crippen LogP contribution in [0.3, 0.4) is 0 Å². The van der Waals surface area contributed by atoms with Crippen molar-refractivity contribution < 1.29 is 4.74 Å². The molecule has 0 radical (unpaired) electrons. The molecule has 0 amide bonds. The minimum Gasteiger partial charge on any atom is -0.488 e.